The molecule has 0 unspecified atom stereocenters. The summed E-state index contributed by atoms with van der Waals surface area (Å²) in [6.07, 6.45) is 5.01. The lowest BCUT2D eigenvalue weighted by Crippen LogP contribution is -2.35. The zero-order valence-corrected chi connectivity index (χ0v) is 18.6. The fraction of sp³-hybridized carbons (Fsp3) is 0.435. The van der Waals surface area contributed by atoms with Crippen molar-refractivity contribution in [2.24, 2.45) is 0 Å². The monoisotopic (exact) mass is 429 g/mol. The second-order valence-corrected chi connectivity index (χ2v) is 9.59. The van der Waals surface area contributed by atoms with E-state index < -0.39 is 10.0 Å². The third-order valence-electron chi connectivity index (χ3n) is 5.57. The number of nitrogens with zero attached hydrogens (tertiary/aromatic N) is 1. The summed E-state index contributed by atoms with van der Waals surface area (Å²) in [4.78, 5) is 15.3. The second kappa shape index (κ2) is 10.1. The summed E-state index contributed by atoms with van der Waals surface area (Å²) in [5.41, 5.74) is 2.50. The predicted octanol–water partition coefficient (Wildman–Crippen LogP) is 3.71. The number of sulfonamides is 1. The van der Waals surface area contributed by atoms with Crippen molar-refractivity contribution < 1.29 is 13.2 Å². The number of amides is 1. The minimum absolute atomic E-state index is 0.182. The Morgan fingerprint density at radius 2 is 1.63 bits per heavy atom. The largest absolute Gasteiger partial charge is 0.351 e. The Morgan fingerprint density at radius 1 is 0.967 bits per heavy atom. The lowest BCUT2D eigenvalue weighted by atomic mass is 10.1. The Hall–Kier alpha value is -2.38. The van der Waals surface area contributed by atoms with Crippen LogP contribution in [0.15, 0.2) is 47.4 Å². The number of anilines is 1. The molecule has 0 aliphatic carbocycles. The molecule has 6 nitrogen and oxygen atoms in total. The van der Waals surface area contributed by atoms with Gasteiger partial charge in [-0.1, -0.05) is 36.6 Å². The first kappa shape index (κ1) is 22.3. The van der Waals surface area contributed by atoms with Gasteiger partial charge in [-0.3, -0.25) is 9.52 Å². The zero-order valence-electron chi connectivity index (χ0n) is 17.8. The molecule has 1 aliphatic heterocycles. The maximum Gasteiger partial charge on any atom is 0.261 e. The van der Waals surface area contributed by atoms with Crippen LogP contribution < -0.4 is 10.0 Å². The maximum absolute atomic E-state index is 12.7. The van der Waals surface area contributed by atoms with Crippen molar-refractivity contribution in [2.75, 3.05) is 30.9 Å². The lowest BCUT2D eigenvalue weighted by Gasteiger charge is -2.20. The van der Waals surface area contributed by atoms with Gasteiger partial charge >= 0.3 is 0 Å². The van der Waals surface area contributed by atoms with Crippen LogP contribution in [-0.2, 0) is 10.0 Å². The molecule has 3 rings (SSSR count). The molecule has 2 N–H and O–H groups in total. The van der Waals surface area contributed by atoms with Gasteiger partial charge in [0, 0.05) is 18.7 Å². The number of aryl methyl sites for hydroxylation is 1. The van der Waals surface area contributed by atoms with Crippen LogP contribution in [0.3, 0.4) is 0 Å². The Labute approximate surface area is 179 Å². The van der Waals surface area contributed by atoms with E-state index in [0.29, 0.717) is 23.4 Å². The van der Waals surface area contributed by atoms with Crippen molar-refractivity contribution in [3.63, 3.8) is 0 Å². The average Bonchev–Trinajstić information content (AvgIpc) is 2.98. The van der Waals surface area contributed by atoms with Gasteiger partial charge in [0.15, 0.2) is 0 Å². The molecule has 0 spiro atoms. The van der Waals surface area contributed by atoms with Crippen LogP contribution >= 0.6 is 0 Å². The highest BCUT2D eigenvalue weighted by molar-refractivity contribution is 7.92. The van der Waals surface area contributed by atoms with Crippen molar-refractivity contribution in [3.8, 4) is 0 Å². The fourth-order valence-electron chi connectivity index (χ4n) is 3.70. The van der Waals surface area contributed by atoms with E-state index >= 15 is 0 Å². The molecule has 2 aromatic rings. The molecule has 0 saturated carbocycles. The van der Waals surface area contributed by atoms with Crippen LogP contribution in [-0.4, -0.2) is 45.4 Å². The number of rotatable bonds is 7. The third kappa shape index (κ3) is 5.83. The van der Waals surface area contributed by atoms with Crippen molar-refractivity contribution in [1.82, 2.24) is 10.2 Å². The zero-order chi connectivity index (χ0) is 21.6. The molecular formula is C23H31N3O3S. The first-order valence-corrected chi connectivity index (χ1v) is 12.0. The Bertz CT molecular complexity index is 964. The minimum Gasteiger partial charge on any atom is -0.351 e. The summed E-state index contributed by atoms with van der Waals surface area (Å²) >= 11 is 0. The van der Waals surface area contributed by atoms with Crippen molar-refractivity contribution in [2.45, 2.75) is 44.4 Å². The Morgan fingerprint density at radius 3 is 2.30 bits per heavy atom. The summed E-state index contributed by atoms with van der Waals surface area (Å²) < 4.78 is 28.0. The molecule has 1 aliphatic rings. The number of carbonyl (C=O) groups is 1. The van der Waals surface area contributed by atoms with Crippen LogP contribution in [0.1, 0.15) is 47.2 Å². The van der Waals surface area contributed by atoms with E-state index in [9.17, 15) is 13.2 Å². The summed E-state index contributed by atoms with van der Waals surface area (Å²) in [6.45, 7) is 7.26. The van der Waals surface area contributed by atoms with Gasteiger partial charge < -0.3 is 10.2 Å². The van der Waals surface area contributed by atoms with Gasteiger partial charge in [-0.15, -0.1) is 0 Å². The number of likely N-dealkylation sites (tertiary alicyclic amines) is 1. The van der Waals surface area contributed by atoms with Crippen LogP contribution in [0.25, 0.3) is 0 Å². The van der Waals surface area contributed by atoms with Crippen LogP contribution in [0.2, 0.25) is 0 Å². The molecule has 1 heterocycles. The predicted molar refractivity (Wildman–Crippen MR) is 120 cm³/mol. The molecule has 0 radical (unpaired) electrons. The number of nitrogens with one attached hydrogen (secondary N) is 2. The first-order valence-electron chi connectivity index (χ1n) is 10.6. The highest BCUT2D eigenvalue weighted by Crippen LogP contribution is 2.23. The van der Waals surface area contributed by atoms with Gasteiger partial charge in [0.1, 0.15) is 0 Å². The van der Waals surface area contributed by atoms with Gasteiger partial charge in [0.25, 0.3) is 15.9 Å². The van der Waals surface area contributed by atoms with Crippen LogP contribution in [0.4, 0.5) is 5.69 Å². The first-order chi connectivity index (χ1) is 14.4. The van der Waals surface area contributed by atoms with Crippen molar-refractivity contribution >= 4 is 21.6 Å². The van der Waals surface area contributed by atoms with E-state index in [0.717, 1.165) is 25.2 Å². The molecule has 1 amide bonds. The van der Waals surface area contributed by atoms with E-state index in [2.05, 4.69) is 14.9 Å². The van der Waals surface area contributed by atoms with Gasteiger partial charge in [-0.2, -0.15) is 0 Å². The van der Waals surface area contributed by atoms with Crippen molar-refractivity contribution in [3.05, 3.63) is 59.2 Å². The number of hydrogen-bond acceptors (Lipinski definition) is 4. The van der Waals surface area contributed by atoms with Gasteiger partial charge in [0.2, 0.25) is 0 Å². The molecule has 0 bridgehead atoms. The third-order valence-corrected chi connectivity index (χ3v) is 6.95. The molecule has 30 heavy (non-hydrogen) atoms. The molecule has 0 aromatic heterocycles. The van der Waals surface area contributed by atoms with E-state index in [1.807, 2.05) is 6.92 Å². The normalized spacial score (nSPS) is 15.4. The molecule has 1 fully saturated rings. The standard InChI is InChI=1S/C23H31N3O3S/c1-18-10-12-20(13-11-18)30(28,29)25-22-9-7-8-21(19(22)2)23(27)24-14-17-26-15-5-3-4-6-16-26/h7-13,25H,3-6,14-17H2,1-2H3,(H,24,27). The van der Waals surface area contributed by atoms with Crippen LogP contribution in [0.5, 0.6) is 0 Å². The molecule has 162 valence electrons. The fourth-order valence-corrected chi connectivity index (χ4v) is 4.82. The van der Waals surface area contributed by atoms with E-state index in [1.54, 1.807) is 49.4 Å². The van der Waals surface area contributed by atoms with Crippen LogP contribution in [0, 0.1) is 13.8 Å². The molecule has 0 atom stereocenters. The summed E-state index contributed by atoms with van der Waals surface area (Å²) in [5, 5.41) is 2.98. The number of hydrogen-bond donors (Lipinski definition) is 2. The Balaban J connectivity index is 1.65. The minimum atomic E-state index is -3.72. The van der Waals surface area contributed by atoms with Crippen molar-refractivity contribution in [1.29, 1.82) is 0 Å². The smallest absolute Gasteiger partial charge is 0.261 e. The molecule has 7 heteroatoms. The highest BCUT2D eigenvalue weighted by Gasteiger charge is 2.18. The highest BCUT2D eigenvalue weighted by atomic mass is 32.2. The number of benzene rings is 2. The Kier molecular flexibility index (Phi) is 7.50. The van der Waals surface area contributed by atoms with Gasteiger partial charge in [0.05, 0.1) is 10.6 Å². The van der Waals surface area contributed by atoms with E-state index in [4.69, 9.17) is 0 Å². The summed E-state index contributed by atoms with van der Waals surface area (Å²) in [5.74, 6) is -0.182. The van der Waals surface area contributed by atoms with Gasteiger partial charge in [-0.25, -0.2) is 8.42 Å². The molecular weight excluding hydrogens is 398 g/mol. The molecule has 1 saturated heterocycles. The topological polar surface area (TPSA) is 78.5 Å². The average molecular weight is 430 g/mol. The summed E-state index contributed by atoms with van der Waals surface area (Å²) in [6, 6.07) is 11.8. The maximum atomic E-state index is 12.7. The van der Waals surface area contributed by atoms with E-state index in [-0.39, 0.29) is 10.8 Å². The van der Waals surface area contributed by atoms with Gasteiger partial charge in [-0.05, 0) is 69.6 Å². The second-order valence-electron chi connectivity index (χ2n) is 7.91. The molecule has 2 aromatic carbocycles. The van der Waals surface area contributed by atoms with E-state index in [1.165, 1.54) is 25.7 Å². The SMILES string of the molecule is Cc1ccc(S(=O)(=O)Nc2cccc(C(=O)NCCN3CCCCCC3)c2C)cc1. The lowest BCUT2D eigenvalue weighted by molar-refractivity contribution is 0.0948. The number of carbonyl (C=O) groups excluding carboxylic acids is 1. The quantitative estimate of drug-likeness (QED) is 0.703. The summed E-state index contributed by atoms with van der Waals surface area (Å²) in [7, 11) is -3.72.